The molecule has 0 amide bonds. The Kier molecular flexibility index (Phi) is 13.3. The van der Waals surface area contributed by atoms with Gasteiger partial charge in [0.1, 0.15) is 0 Å². The molecular formula is C22H26Cl2HfSi. The third kappa shape index (κ3) is 8.00. The molecule has 0 heterocycles. The Hall–Kier alpha value is -0.543. The summed E-state index contributed by atoms with van der Waals surface area (Å²) in [5.41, 5.74) is 1.62. The van der Waals surface area contributed by atoms with E-state index < -0.39 is 0 Å². The molecule has 1 aliphatic rings. The van der Waals surface area contributed by atoms with Gasteiger partial charge in [-0.3, -0.25) is 6.08 Å². The molecular weight excluding hydrogens is 542 g/mol. The molecule has 0 fully saturated rings. The molecule has 0 N–H and O–H groups in total. The first-order valence-electron chi connectivity index (χ1n) is 8.43. The van der Waals surface area contributed by atoms with E-state index in [0.29, 0.717) is 0 Å². The van der Waals surface area contributed by atoms with E-state index >= 15 is 0 Å². The maximum absolute atomic E-state index is 3.21. The SMILES string of the molecule is CCC1=[C-]CC=C1.C[Si](C)=[Hf+2].Cl.Cl.c1ccc2c(c1)[cH-]c1ccccc12. The average Bonchev–Trinajstić information content (AvgIpc) is 3.22. The van der Waals surface area contributed by atoms with Gasteiger partial charge in [-0.1, -0.05) is 49.7 Å². The van der Waals surface area contributed by atoms with Gasteiger partial charge in [0.15, 0.2) is 0 Å². The topological polar surface area (TPSA) is 0 Å². The summed E-state index contributed by atoms with van der Waals surface area (Å²) in [4.78, 5) is 0. The number of benzene rings is 2. The van der Waals surface area contributed by atoms with Crippen LogP contribution in [0.3, 0.4) is 0 Å². The van der Waals surface area contributed by atoms with E-state index in [1.807, 2.05) is 0 Å². The maximum atomic E-state index is 3.21. The second kappa shape index (κ2) is 13.6. The second-order valence-corrected chi connectivity index (χ2v) is 18.8. The van der Waals surface area contributed by atoms with Crippen molar-refractivity contribution in [2.24, 2.45) is 0 Å². The number of hydrogen-bond donors (Lipinski definition) is 0. The number of rotatable bonds is 1. The van der Waals surface area contributed by atoms with Crippen LogP contribution in [0.1, 0.15) is 19.8 Å². The molecule has 0 nitrogen and oxygen atoms in total. The minimum atomic E-state index is 0. The van der Waals surface area contributed by atoms with Crippen LogP contribution >= 0.6 is 24.8 Å². The molecule has 0 unspecified atom stereocenters. The fourth-order valence-corrected chi connectivity index (χ4v) is 2.60. The van der Waals surface area contributed by atoms with E-state index in [2.05, 4.69) is 92.8 Å². The van der Waals surface area contributed by atoms with Crippen LogP contribution < -0.4 is 0 Å². The molecule has 0 saturated carbocycles. The summed E-state index contributed by atoms with van der Waals surface area (Å²) < 4.78 is 0. The van der Waals surface area contributed by atoms with Crippen molar-refractivity contribution in [3.05, 3.63) is 78.4 Å². The van der Waals surface area contributed by atoms with E-state index in [-0.39, 0.29) is 30.3 Å². The first kappa shape index (κ1) is 25.5. The molecule has 0 atom stereocenters. The summed E-state index contributed by atoms with van der Waals surface area (Å²) in [5, 5.41) is 5.39. The summed E-state index contributed by atoms with van der Waals surface area (Å²) >= 11 is 1.45. The molecule has 4 heteroatoms. The maximum Gasteiger partial charge on any atom is -0.0771 e. The van der Waals surface area contributed by atoms with Crippen LogP contribution in [0.25, 0.3) is 21.5 Å². The van der Waals surface area contributed by atoms with Crippen molar-refractivity contribution < 1.29 is 23.0 Å². The summed E-state index contributed by atoms with van der Waals surface area (Å²) in [6.45, 7) is 6.81. The Morgan fingerprint density at radius 3 is 1.77 bits per heavy atom. The van der Waals surface area contributed by atoms with Gasteiger partial charge in [-0.05, 0) is 0 Å². The molecule has 0 saturated heterocycles. The van der Waals surface area contributed by atoms with Gasteiger partial charge in [-0.25, -0.2) is 11.6 Å². The van der Waals surface area contributed by atoms with Crippen molar-refractivity contribution in [2.75, 3.05) is 0 Å². The molecule has 3 aromatic carbocycles. The van der Waals surface area contributed by atoms with Crippen molar-refractivity contribution in [3.63, 3.8) is 0 Å². The number of halogens is 2. The Morgan fingerprint density at radius 2 is 1.42 bits per heavy atom. The molecule has 0 radical (unpaired) electrons. The predicted octanol–water partition coefficient (Wildman–Crippen LogP) is 7.43. The zero-order chi connectivity index (χ0) is 17.4. The minimum Gasteiger partial charge on any atom is -0.147 e. The van der Waals surface area contributed by atoms with E-state index in [0.717, 1.165) is 12.8 Å². The normalized spacial score (nSPS) is 11.3. The van der Waals surface area contributed by atoms with Crippen molar-refractivity contribution in [2.45, 2.75) is 32.9 Å². The fourth-order valence-electron chi connectivity index (χ4n) is 2.60. The van der Waals surface area contributed by atoms with Crippen LogP contribution in [0, 0.1) is 6.08 Å². The zero-order valence-corrected chi connectivity index (χ0v) is 21.8. The van der Waals surface area contributed by atoms with Gasteiger partial charge in [0.25, 0.3) is 0 Å². The predicted molar refractivity (Wildman–Crippen MR) is 120 cm³/mol. The summed E-state index contributed by atoms with van der Waals surface area (Å²) in [6.07, 6.45) is 9.65. The average molecular weight is 568 g/mol. The summed E-state index contributed by atoms with van der Waals surface area (Å²) in [6, 6.07) is 19.3. The zero-order valence-electron chi connectivity index (χ0n) is 15.6. The van der Waals surface area contributed by atoms with Crippen LogP contribution in [-0.4, -0.2) is 5.49 Å². The number of allylic oxidation sites excluding steroid dienone is 4. The monoisotopic (exact) mass is 568 g/mol. The quantitative estimate of drug-likeness (QED) is 0.212. The van der Waals surface area contributed by atoms with Gasteiger partial charge < -0.3 is 0 Å². The van der Waals surface area contributed by atoms with E-state index in [1.54, 1.807) is 0 Å². The molecule has 3 aromatic rings. The van der Waals surface area contributed by atoms with Gasteiger partial charge in [-0.15, -0.1) is 71.0 Å². The van der Waals surface area contributed by atoms with E-state index in [1.165, 1.54) is 50.1 Å². The van der Waals surface area contributed by atoms with Crippen molar-refractivity contribution in [3.8, 4) is 0 Å². The molecule has 4 rings (SSSR count). The first-order chi connectivity index (χ1) is 11.6. The Balaban J connectivity index is 0.000000415. The van der Waals surface area contributed by atoms with Crippen molar-refractivity contribution >= 4 is 51.9 Å². The Morgan fingerprint density at radius 1 is 0.962 bits per heavy atom. The van der Waals surface area contributed by atoms with Crippen LogP contribution in [0.2, 0.25) is 13.1 Å². The Bertz CT molecular complexity index is 824. The molecule has 0 bridgehead atoms. The van der Waals surface area contributed by atoms with E-state index in [4.69, 9.17) is 0 Å². The van der Waals surface area contributed by atoms with Crippen LogP contribution in [-0.2, 0) is 23.0 Å². The molecule has 136 valence electrons. The molecule has 0 aromatic heterocycles. The van der Waals surface area contributed by atoms with Gasteiger partial charge >= 0.3 is 41.6 Å². The molecule has 26 heavy (non-hydrogen) atoms. The Labute approximate surface area is 185 Å². The van der Waals surface area contributed by atoms with Crippen LogP contribution in [0.4, 0.5) is 0 Å². The van der Waals surface area contributed by atoms with Crippen LogP contribution in [0.15, 0.2) is 72.3 Å². The fraction of sp³-hybridized carbons (Fsp3) is 0.227. The third-order valence-electron chi connectivity index (χ3n) is 3.67. The third-order valence-corrected chi connectivity index (χ3v) is 3.67. The van der Waals surface area contributed by atoms with Gasteiger partial charge in [0.2, 0.25) is 0 Å². The molecule has 0 spiro atoms. The van der Waals surface area contributed by atoms with E-state index in [9.17, 15) is 0 Å². The standard InChI is InChI=1S/C13H9.C7H9.C2H6Si.2ClH.Hf/c1-3-7-12-10(5-1)9-11-6-2-4-8-13(11)12;1-2-7-5-3-4-6-7;1-3-2;;;/h1-9H;3,5H,2,4H2,1H3;1-2H3;2*1H;/q2*-1;;;;+2. The number of fused-ring (bicyclic) bond motifs is 3. The largest absolute Gasteiger partial charge is 0.147 e. The van der Waals surface area contributed by atoms with Gasteiger partial charge in [-0.2, -0.15) is 6.08 Å². The molecule has 0 aliphatic heterocycles. The van der Waals surface area contributed by atoms with Crippen LogP contribution in [0.5, 0.6) is 0 Å². The van der Waals surface area contributed by atoms with Gasteiger partial charge in [0.05, 0.1) is 0 Å². The summed E-state index contributed by atoms with van der Waals surface area (Å²) in [5.74, 6) is 0. The number of hydrogen-bond acceptors (Lipinski definition) is 0. The van der Waals surface area contributed by atoms with Crippen molar-refractivity contribution in [1.29, 1.82) is 0 Å². The smallest absolute Gasteiger partial charge is 0.0771 e. The summed E-state index contributed by atoms with van der Waals surface area (Å²) in [7, 11) is 0. The minimum absolute atomic E-state index is 0. The van der Waals surface area contributed by atoms with Gasteiger partial charge in [0, 0.05) is 0 Å². The van der Waals surface area contributed by atoms with Crippen molar-refractivity contribution in [1.82, 2.24) is 0 Å². The second-order valence-electron chi connectivity index (χ2n) is 5.98. The molecule has 1 aliphatic carbocycles. The first-order valence-corrected chi connectivity index (χ1v) is 16.3.